The monoisotopic (exact) mass is 282 g/mol. The molecule has 0 aromatic heterocycles. The van der Waals surface area contributed by atoms with Crippen molar-refractivity contribution in [3.8, 4) is 5.75 Å². The van der Waals surface area contributed by atoms with Crippen LogP contribution in [0.25, 0.3) is 10.8 Å². The van der Waals surface area contributed by atoms with Crippen LogP contribution in [0.15, 0.2) is 36.4 Å². The number of hydrogen-bond donors (Lipinski definition) is 0. The molecule has 21 heavy (non-hydrogen) atoms. The van der Waals surface area contributed by atoms with Crippen molar-refractivity contribution in [1.82, 2.24) is 0 Å². The van der Waals surface area contributed by atoms with Gasteiger partial charge in [-0.1, -0.05) is 57.4 Å². The van der Waals surface area contributed by atoms with E-state index in [0.717, 1.165) is 24.7 Å². The summed E-state index contributed by atoms with van der Waals surface area (Å²) in [5.41, 5.74) is 1.47. The minimum absolute atomic E-state index is 0.616. The fourth-order valence-corrected chi connectivity index (χ4v) is 2.65. The number of rotatable bonds is 7. The molecule has 1 heteroatoms. The second kappa shape index (κ2) is 6.51. The van der Waals surface area contributed by atoms with E-state index in [1.54, 1.807) is 0 Å². The molecule has 2 aromatic rings. The second-order valence-corrected chi connectivity index (χ2v) is 6.65. The van der Waals surface area contributed by atoms with Crippen molar-refractivity contribution in [2.45, 2.75) is 46.0 Å². The summed E-state index contributed by atoms with van der Waals surface area (Å²) in [6.07, 6.45) is 6.65. The van der Waals surface area contributed by atoms with E-state index in [0.29, 0.717) is 5.92 Å². The minimum atomic E-state index is 0.616. The lowest BCUT2D eigenvalue weighted by molar-refractivity contribution is 0.257. The Bertz CT molecular complexity index is 598. The third kappa shape index (κ3) is 4.00. The molecule has 1 atom stereocenters. The van der Waals surface area contributed by atoms with Gasteiger partial charge in [0.15, 0.2) is 0 Å². The topological polar surface area (TPSA) is 9.23 Å². The molecular formula is C20H26O. The van der Waals surface area contributed by atoms with Crippen molar-refractivity contribution in [3.05, 3.63) is 42.0 Å². The smallest absolute Gasteiger partial charge is 0.119 e. The Labute approximate surface area is 128 Å². The molecule has 2 aromatic carbocycles. The molecule has 1 aliphatic carbocycles. The molecule has 112 valence electrons. The van der Waals surface area contributed by atoms with E-state index in [1.165, 1.54) is 42.0 Å². The first-order valence-corrected chi connectivity index (χ1v) is 8.40. The van der Waals surface area contributed by atoms with Crippen LogP contribution in [0.1, 0.15) is 45.1 Å². The highest BCUT2D eigenvalue weighted by molar-refractivity contribution is 5.84. The van der Waals surface area contributed by atoms with E-state index in [-0.39, 0.29) is 0 Å². The molecule has 1 unspecified atom stereocenters. The van der Waals surface area contributed by atoms with E-state index in [4.69, 9.17) is 4.74 Å². The van der Waals surface area contributed by atoms with Gasteiger partial charge in [0, 0.05) is 0 Å². The van der Waals surface area contributed by atoms with Gasteiger partial charge in [0.1, 0.15) is 5.75 Å². The average molecular weight is 282 g/mol. The highest BCUT2D eigenvalue weighted by Crippen LogP contribution is 2.34. The second-order valence-electron chi connectivity index (χ2n) is 6.65. The molecule has 0 amide bonds. The van der Waals surface area contributed by atoms with Crippen LogP contribution >= 0.6 is 0 Å². The summed E-state index contributed by atoms with van der Waals surface area (Å²) < 4.78 is 5.88. The molecular weight excluding hydrogens is 256 g/mol. The molecule has 0 heterocycles. The van der Waals surface area contributed by atoms with Crippen molar-refractivity contribution < 1.29 is 4.74 Å². The van der Waals surface area contributed by atoms with E-state index < -0.39 is 0 Å². The molecule has 3 rings (SSSR count). The highest BCUT2D eigenvalue weighted by atomic mass is 16.5. The van der Waals surface area contributed by atoms with Gasteiger partial charge >= 0.3 is 0 Å². The maximum atomic E-state index is 5.88. The Kier molecular flexibility index (Phi) is 4.48. The Balaban J connectivity index is 1.68. The van der Waals surface area contributed by atoms with Gasteiger partial charge < -0.3 is 4.74 Å². The molecule has 1 nitrogen and oxygen atoms in total. The normalized spacial score (nSPS) is 16.1. The third-order valence-electron chi connectivity index (χ3n) is 4.65. The van der Waals surface area contributed by atoms with E-state index in [1.807, 2.05) is 0 Å². The number of aryl methyl sites for hydroxylation is 1. The Morgan fingerprint density at radius 2 is 1.86 bits per heavy atom. The molecule has 0 spiro atoms. The van der Waals surface area contributed by atoms with Gasteiger partial charge in [0.05, 0.1) is 6.61 Å². The van der Waals surface area contributed by atoms with E-state index in [9.17, 15) is 0 Å². The van der Waals surface area contributed by atoms with Crippen LogP contribution in [0, 0.1) is 11.8 Å². The quantitative estimate of drug-likeness (QED) is 0.641. The zero-order valence-electron chi connectivity index (χ0n) is 13.3. The number of hydrogen-bond acceptors (Lipinski definition) is 1. The summed E-state index contributed by atoms with van der Waals surface area (Å²) >= 11 is 0. The van der Waals surface area contributed by atoms with Crippen molar-refractivity contribution in [3.63, 3.8) is 0 Å². The Morgan fingerprint density at radius 1 is 1.10 bits per heavy atom. The summed E-state index contributed by atoms with van der Waals surface area (Å²) in [4.78, 5) is 0. The van der Waals surface area contributed by atoms with Crippen molar-refractivity contribution in [2.75, 3.05) is 6.61 Å². The molecule has 0 aliphatic heterocycles. The van der Waals surface area contributed by atoms with Gasteiger partial charge in [0.25, 0.3) is 0 Å². The molecule has 0 N–H and O–H groups in total. The van der Waals surface area contributed by atoms with E-state index >= 15 is 0 Å². The maximum Gasteiger partial charge on any atom is 0.119 e. The first-order chi connectivity index (χ1) is 10.2. The van der Waals surface area contributed by atoms with Gasteiger partial charge in [-0.05, 0) is 53.1 Å². The minimum Gasteiger partial charge on any atom is -0.493 e. The lowest BCUT2D eigenvalue weighted by Crippen LogP contribution is -2.07. The Hall–Kier alpha value is -1.50. The Morgan fingerprint density at radius 3 is 2.62 bits per heavy atom. The molecule has 0 saturated heterocycles. The van der Waals surface area contributed by atoms with Crippen LogP contribution in [-0.4, -0.2) is 6.61 Å². The van der Waals surface area contributed by atoms with Gasteiger partial charge in [-0.2, -0.15) is 0 Å². The number of ether oxygens (including phenoxy) is 1. The zero-order chi connectivity index (χ0) is 14.7. The summed E-state index contributed by atoms with van der Waals surface area (Å²) in [6, 6.07) is 13.3. The average Bonchev–Trinajstić information content (AvgIpc) is 3.34. The van der Waals surface area contributed by atoms with E-state index in [2.05, 4.69) is 50.2 Å². The SMILES string of the molecule is CCC(C)COc1ccc2cc(CCC3CC3)ccc2c1. The summed E-state index contributed by atoms with van der Waals surface area (Å²) in [5.74, 6) is 2.62. The zero-order valence-corrected chi connectivity index (χ0v) is 13.3. The van der Waals surface area contributed by atoms with Crippen LogP contribution in [0.4, 0.5) is 0 Å². The summed E-state index contributed by atoms with van der Waals surface area (Å²) in [5, 5.41) is 2.62. The van der Waals surface area contributed by atoms with Crippen LogP contribution in [0.2, 0.25) is 0 Å². The standard InChI is InChI=1S/C20H26O/c1-3-15(2)14-21-20-11-10-18-12-17(7-6-16-4-5-16)8-9-19(18)13-20/h8-13,15-16H,3-7,14H2,1-2H3. The lowest BCUT2D eigenvalue weighted by atomic mass is 10.0. The van der Waals surface area contributed by atoms with Crippen LogP contribution in [0.5, 0.6) is 5.75 Å². The largest absolute Gasteiger partial charge is 0.493 e. The highest BCUT2D eigenvalue weighted by Gasteiger charge is 2.20. The van der Waals surface area contributed by atoms with Gasteiger partial charge in [-0.25, -0.2) is 0 Å². The first kappa shape index (κ1) is 14.4. The number of benzene rings is 2. The van der Waals surface area contributed by atoms with Crippen LogP contribution in [0.3, 0.4) is 0 Å². The van der Waals surface area contributed by atoms with Gasteiger partial charge in [-0.15, -0.1) is 0 Å². The summed E-state index contributed by atoms with van der Waals surface area (Å²) in [6.45, 7) is 5.24. The molecule has 1 aliphatic rings. The van der Waals surface area contributed by atoms with Crippen molar-refractivity contribution in [2.24, 2.45) is 11.8 Å². The fourth-order valence-electron chi connectivity index (χ4n) is 2.65. The van der Waals surface area contributed by atoms with Crippen LogP contribution < -0.4 is 4.74 Å². The molecule has 0 bridgehead atoms. The van der Waals surface area contributed by atoms with Crippen molar-refractivity contribution >= 4 is 10.8 Å². The predicted octanol–water partition coefficient (Wildman–Crippen LogP) is 5.61. The van der Waals surface area contributed by atoms with Crippen molar-refractivity contribution in [1.29, 1.82) is 0 Å². The number of fused-ring (bicyclic) bond motifs is 1. The molecule has 1 fully saturated rings. The third-order valence-corrected chi connectivity index (χ3v) is 4.65. The molecule has 1 saturated carbocycles. The predicted molar refractivity (Wildman–Crippen MR) is 89.9 cm³/mol. The summed E-state index contributed by atoms with van der Waals surface area (Å²) in [7, 11) is 0. The fraction of sp³-hybridized carbons (Fsp3) is 0.500. The first-order valence-electron chi connectivity index (χ1n) is 8.40. The molecule has 0 radical (unpaired) electrons. The maximum absolute atomic E-state index is 5.88. The van der Waals surface area contributed by atoms with Gasteiger partial charge in [0.2, 0.25) is 0 Å². The van der Waals surface area contributed by atoms with Gasteiger partial charge in [-0.3, -0.25) is 0 Å². The lowest BCUT2D eigenvalue weighted by Gasteiger charge is -2.12. The van der Waals surface area contributed by atoms with Crippen LogP contribution in [-0.2, 0) is 6.42 Å².